The lowest BCUT2D eigenvalue weighted by Crippen LogP contribution is -2.63. The standard InChI is InChI=1S/C89H117N21O21S/c1-48(2)31-62-88(129)110-42-55(113)36-71(110)83(124)99-60(33-51-38-93-58-19-14-12-17-56(51)58)78(119)104-66(43-111)80(121)102-64(34-52-39-94-59-20-15-13-18-57(52)59)85(126)107(5)70-22-11-9-7-6-8-10-21-68(106(4)89(70)130)81(122)97-49(3)76(117)105-67(77(118)95-41-74(91)115)45-132-46-75(116)98-63(32-50-24-26-54(112)27-25-50)86(127)109-29-30-131-44-72(109)84(125)103-65(37-73(90)114)87(128)108-28-16-23-69(108)82(123)100-61(79(120)101-62)35-53-40-92-47-96-53/h6-7,12-15,17-20,24-27,38-40,47-49,55,60-72,93-94,111-113H,8-11,16,21-23,28-37,41-46H2,1-5H3,(H2,90,114)(H2,91,115)(H,92,96)(H,95,118)(H,97,122)(H,98,116)(H,99,124)(H,100,123)(H,101,120)(H,102,121)(H,103,125)(H,104,119)(H,105,117)/b7-6-/t49-,55-,60-,61+,62+,63+,64+,65+,66+,67-,68+,69+,70+,71+,72+/m1/s1. The number of nitrogens with two attached hydrogens (primary N) is 2. The number of aliphatic hydroxyl groups is 2. The topological polar surface area (TPSA) is 609 Å². The van der Waals surface area contributed by atoms with Gasteiger partial charge in [-0.05, 0) is 112 Å². The number of hydrogen-bond donors (Lipinski definition) is 18. The van der Waals surface area contributed by atoms with Crippen molar-refractivity contribution in [2.75, 3.05) is 71.6 Å². The van der Waals surface area contributed by atoms with Gasteiger partial charge in [0.25, 0.3) is 0 Å². The van der Waals surface area contributed by atoms with Gasteiger partial charge in [-0.2, -0.15) is 0 Å². The number of hydrogen-bond acceptors (Lipinski definition) is 23. The number of carbonyl (C=O) groups excluding carboxylic acids is 17. The fourth-order valence-corrected chi connectivity index (χ4v) is 17.9. The largest absolute Gasteiger partial charge is 0.508 e. The van der Waals surface area contributed by atoms with Crippen molar-refractivity contribution in [2.24, 2.45) is 17.4 Å². The Morgan fingerprint density at radius 1 is 0.545 bits per heavy atom. The summed E-state index contributed by atoms with van der Waals surface area (Å²) in [6.07, 6.45) is 7.72. The van der Waals surface area contributed by atoms with Gasteiger partial charge in [-0.15, -0.1) is 11.8 Å². The molecule has 8 heterocycles. The van der Waals surface area contributed by atoms with Crippen LogP contribution in [0.25, 0.3) is 21.8 Å². The molecule has 3 aromatic carbocycles. The second kappa shape index (κ2) is 46.5. The number of aromatic hydroxyl groups is 1. The van der Waals surface area contributed by atoms with Gasteiger partial charge < -0.3 is 124 Å². The molecule has 5 aliphatic rings. The summed E-state index contributed by atoms with van der Waals surface area (Å²) in [5.74, 6) is -17.3. The molecule has 2 bridgehead atoms. The van der Waals surface area contributed by atoms with Gasteiger partial charge in [0.2, 0.25) is 100 Å². The minimum absolute atomic E-state index is 0.00364. The summed E-state index contributed by atoms with van der Waals surface area (Å²) in [7, 11) is 2.71. The Morgan fingerprint density at radius 3 is 1.71 bits per heavy atom. The number of amides is 17. The van der Waals surface area contributed by atoms with E-state index in [9.17, 15) is 53.7 Å². The number of imidazole rings is 1. The molecule has 0 saturated carbocycles. The van der Waals surface area contributed by atoms with E-state index in [4.69, 9.17) is 16.2 Å². The Bertz CT molecular complexity index is 5220. The molecule has 4 fully saturated rings. The number of likely N-dealkylation sites (N-methyl/N-ethyl adjacent to an activating group) is 2. The van der Waals surface area contributed by atoms with E-state index in [2.05, 4.69) is 73.1 Å². The number of morpholine rings is 1. The molecule has 6 aromatic rings. The van der Waals surface area contributed by atoms with E-state index < -0.39 is 235 Å². The predicted octanol–water partition coefficient (Wildman–Crippen LogP) is -3.26. The fraction of sp³-hybridized carbons (Fsp3) is 0.506. The van der Waals surface area contributed by atoms with E-state index in [0.29, 0.717) is 69.9 Å². The first-order valence-electron chi connectivity index (χ1n) is 44.1. The molecule has 0 spiro atoms. The Hall–Kier alpha value is -13.3. The third-order valence-electron chi connectivity index (χ3n) is 24.1. The van der Waals surface area contributed by atoms with Crippen LogP contribution in [-0.2, 0) is 112 Å². The molecule has 0 unspecified atom stereocenters. The number of carbonyl (C=O) groups is 17. The lowest BCUT2D eigenvalue weighted by Gasteiger charge is -2.38. The van der Waals surface area contributed by atoms with Crippen molar-refractivity contribution in [3.8, 4) is 5.75 Å². The summed E-state index contributed by atoms with van der Waals surface area (Å²) >= 11 is 0.784. The first-order valence-corrected chi connectivity index (χ1v) is 45.3. The minimum atomic E-state index is -1.88. The van der Waals surface area contributed by atoms with Crippen LogP contribution in [0.5, 0.6) is 5.75 Å². The van der Waals surface area contributed by atoms with Gasteiger partial charge in [-0.25, -0.2) is 4.98 Å². The van der Waals surface area contributed by atoms with Crippen LogP contribution in [-0.4, -0.2) is 322 Å². The van der Waals surface area contributed by atoms with Crippen molar-refractivity contribution < 1.29 is 102 Å². The molecule has 710 valence electrons. The second-order valence-electron chi connectivity index (χ2n) is 34.2. The number of fused-ring (bicyclic) bond motifs is 8. The summed E-state index contributed by atoms with van der Waals surface area (Å²) in [6, 6.07) is -1.93. The normalized spacial score (nSPS) is 26.6. The average Bonchev–Trinajstić information content (AvgIpc) is 1.56. The molecule has 132 heavy (non-hydrogen) atoms. The van der Waals surface area contributed by atoms with Crippen molar-refractivity contribution >= 4 is 134 Å². The van der Waals surface area contributed by atoms with Crippen molar-refractivity contribution in [2.45, 2.75) is 208 Å². The van der Waals surface area contributed by atoms with E-state index in [0.717, 1.165) is 36.3 Å². The number of para-hydroxylation sites is 2. The number of H-pyrrole nitrogens is 3. The lowest BCUT2D eigenvalue weighted by atomic mass is 9.99. The zero-order valence-electron chi connectivity index (χ0n) is 74.0. The molecular formula is C89H117N21O21S. The van der Waals surface area contributed by atoms with Gasteiger partial charge in [0.05, 0.1) is 51.0 Å². The molecule has 5 aliphatic heterocycles. The molecule has 15 atom stereocenters. The molecule has 42 nitrogen and oxygen atoms in total. The fourth-order valence-electron chi connectivity index (χ4n) is 17.1. The van der Waals surface area contributed by atoms with E-state index in [1.807, 2.05) is 12.2 Å². The summed E-state index contributed by atoms with van der Waals surface area (Å²) in [5.41, 5.74) is 14.2. The number of allylic oxidation sites excluding steroid dienone is 2. The van der Waals surface area contributed by atoms with E-state index in [1.165, 1.54) is 57.8 Å². The zero-order valence-corrected chi connectivity index (χ0v) is 74.9. The van der Waals surface area contributed by atoms with Gasteiger partial charge in [0, 0.05) is 118 Å². The number of aliphatic hydroxyl groups excluding tert-OH is 2. The Balaban J connectivity index is 0.935. The summed E-state index contributed by atoms with van der Waals surface area (Å²) < 4.78 is 5.73. The van der Waals surface area contributed by atoms with Crippen LogP contribution in [0.4, 0.5) is 0 Å². The van der Waals surface area contributed by atoms with Gasteiger partial charge in [-0.3, -0.25) is 81.5 Å². The third-order valence-corrected chi connectivity index (χ3v) is 25.1. The van der Waals surface area contributed by atoms with Crippen molar-refractivity contribution in [1.29, 1.82) is 0 Å². The highest BCUT2D eigenvalue weighted by atomic mass is 32.2. The van der Waals surface area contributed by atoms with Gasteiger partial charge in [0.1, 0.15) is 90.3 Å². The summed E-state index contributed by atoms with van der Waals surface area (Å²) in [5, 5.41) is 60.6. The molecule has 3 aromatic heterocycles. The predicted molar refractivity (Wildman–Crippen MR) is 478 cm³/mol. The van der Waals surface area contributed by atoms with E-state index >= 15 is 43.2 Å². The molecule has 43 heteroatoms. The minimum Gasteiger partial charge on any atom is -0.508 e. The highest BCUT2D eigenvalue weighted by molar-refractivity contribution is 8.00. The first kappa shape index (κ1) is 99.3. The van der Waals surface area contributed by atoms with Gasteiger partial charge in [-0.1, -0.05) is 74.5 Å². The highest BCUT2D eigenvalue weighted by Crippen LogP contribution is 2.29. The Labute approximate surface area is 764 Å². The number of nitrogens with one attached hydrogen (secondary N) is 13. The van der Waals surface area contributed by atoms with Crippen LogP contribution in [0.2, 0.25) is 0 Å². The Morgan fingerprint density at radius 2 is 1.08 bits per heavy atom. The third kappa shape index (κ3) is 26.1. The van der Waals surface area contributed by atoms with E-state index in [1.54, 1.807) is 74.8 Å². The van der Waals surface area contributed by atoms with Gasteiger partial charge >= 0.3 is 0 Å². The van der Waals surface area contributed by atoms with Crippen molar-refractivity contribution in [3.63, 3.8) is 0 Å². The van der Waals surface area contributed by atoms with Crippen LogP contribution in [0.1, 0.15) is 114 Å². The maximum Gasteiger partial charge on any atom is 0.246 e. The average molecular weight is 1850 g/mol. The van der Waals surface area contributed by atoms with Crippen molar-refractivity contribution in [1.82, 2.24) is 97.6 Å². The Kier molecular flexibility index (Phi) is 35.0. The molecule has 11 rings (SSSR count). The summed E-state index contributed by atoms with van der Waals surface area (Å²) in [6.45, 7) is 1.53. The molecule has 0 radical (unpaired) electrons. The van der Waals surface area contributed by atoms with Crippen LogP contribution < -0.4 is 64.6 Å². The highest BCUT2D eigenvalue weighted by Gasteiger charge is 2.47. The van der Waals surface area contributed by atoms with Gasteiger partial charge in [0.15, 0.2) is 0 Å². The number of primary amides is 2. The lowest BCUT2D eigenvalue weighted by molar-refractivity contribution is -0.152. The second-order valence-corrected chi connectivity index (χ2v) is 35.2. The molecule has 0 aliphatic carbocycles. The number of thioether (sulfide) groups is 1. The van der Waals surface area contributed by atoms with E-state index in [-0.39, 0.29) is 95.6 Å². The number of aromatic amines is 3. The van der Waals surface area contributed by atoms with Crippen molar-refractivity contribution in [3.05, 3.63) is 132 Å². The number of ether oxygens (including phenoxy) is 1. The van der Waals surface area contributed by atoms with Crippen LogP contribution in [0.3, 0.4) is 0 Å². The van der Waals surface area contributed by atoms with Crippen LogP contribution in [0, 0.1) is 5.92 Å². The molecule has 4 saturated heterocycles. The number of phenols is 1. The number of aromatic nitrogens is 4. The number of benzene rings is 3. The smallest absolute Gasteiger partial charge is 0.246 e. The maximum absolute atomic E-state index is 15.7. The van der Waals surface area contributed by atoms with Crippen LogP contribution in [0.15, 0.2) is 110 Å². The number of rotatable bonds is 16. The SMILES string of the molecule is CC(C)C[C@@H]1NC(=O)[C@H](Cc2cnc[nH]2)NC(=O)[C@@H]2CCCN2C(=O)[C@H](CC(N)=O)NC(=O)[C@@H]2COCCN2C(=O)[C@H](Cc2ccc(O)cc2)NC(=O)CSC[C@H](C(=O)NCC(N)=O)NC(=O)[C@@H](C)NC(=O)[C@@H]2CCC/C=C\CCC[C@@H](C(=O)N2C)N(C)C(=O)[C@H](Cc2c[nH]c3ccccc23)NC(=O)[C@H](CO)NC(=O)[C@@H](Cc2c[nH]c3ccccc23)NC(=O)[C@@H]2C[C@@H](O)CN2C1=O. The zero-order chi connectivity index (χ0) is 95.1. The molecular weight excluding hydrogens is 1730 g/mol. The quantitative estimate of drug-likeness (QED) is 0.0423. The molecule has 17 amide bonds. The number of phenolic OH excluding ortho intramolecular Hbond substituents is 1. The maximum atomic E-state index is 15.7. The van der Waals surface area contributed by atoms with Crippen LogP contribution >= 0.6 is 11.8 Å². The first-order chi connectivity index (χ1) is 63.1. The molecule has 20 N–H and O–H groups in total. The monoisotopic (exact) mass is 1850 g/mol. The summed E-state index contributed by atoms with van der Waals surface area (Å²) in [4.78, 5) is 268. The number of nitrogens with zero attached hydrogens (tertiary/aromatic N) is 6.